The van der Waals surface area contributed by atoms with Crippen LogP contribution in [0.2, 0.25) is 10.0 Å². The van der Waals surface area contributed by atoms with Gasteiger partial charge in [-0.25, -0.2) is 0 Å². The molecule has 1 fully saturated rings. The molecule has 3 aromatic carbocycles. The smallest absolute Gasteiger partial charge is 0.0939 e. The van der Waals surface area contributed by atoms with E-state index in [0.29, 0.717) is 42.5 Å². The topological polar surface area (TPSA) is 55.7 Å². The van der Waals surface area contributed by atoms with E-state index in [1.165, 1.54) is 0 Å². The third kappa shape index (κ3) is 5.59. The van der Waals surface area contributed by atoms with Crippen LogP contribution in [-0.2, 0) is 12.1 Å². The number of hydrogen-bond acceptors (Lipinski definition) is 4. The van der Waals surface area contributed by atoms with E-state index < -0.39 is 11.3 Å². The fourth-order valence-electron chi connectivity index (χ4n) is 5.66. The first kappa shape index (κ1) is 26.2. The van der Waals surface area contributed by atoms with E-state index >= 15 is 0 Å². The Morgan fingerprint density at radius 1 is 0.971 bits per heavy atom. The predicted octanol–water partition coefficient (Wildman–Crippen LogP) is 5.95. The minimum absolute atomic E-state index is 0.0110. The van der Waals surface area contributed by atoms with Crippen LogP contribution in [0.5, 0.6) is 0 Å². The van der Waals surface area contributed by atoms with Crippen LogP contribution in [0.1, 0.15) is 48.8 Å². The summed E-state index contributed by atoms with van der Waals surface area (Å²) in [5.41, 5.74) is 1.49. The van der Waals surface area contributed by atoms with E-state index in [4.69, 9.17) is 23.2 Å². The number of aliphatic hydroxyl groups is 2. The molecule has 3 atom stereocenters. The van der Waals surface area contributed by atoms with E-state index in [1.807, 2.05) is 66.7 Å². The SMILES string of the molecule is CCC(c1ccc(Cl)c(Cl)c1)C1(NCc2ccccc2)CC(O)(c2ccccc2)CCN1CCO. The molecule has 1 aliphatic heterocycles. The molecule has 0 spiro atoms. The lowest BCUT2D eigenvalue weighted by Crippen LogP contribution is -2.68. The predicted molar refractivity (Wildman–Crippen MR) is 144 cm³/mol. The second kappa shape index (κ2) is 11.4. The van der Waals surface area contributed by atoms with Crippen molar-refractivity contribution in [2.24, 2.45) is 0 Å². The molecular formula is C29H34Cl2N2O2. The number of likely N-dealkylation sites (tertiary alicyclic amines) is 1. The van der Waals surface area contributed by atoms with Gasteiger partial charge >= 0.3 is 0 Å². The van der Waals surface area contributed by atoms with Gasteiger partial charge in [-0.15, -0.1) is 0 Å². The molecule has 0 aromatic heterocycles. The summed E-state index contributed by atoms with van der Waals surface area (Å²) in [6, 6.07) is 26.0. The summed E-state index contributed by atoms with van der Waals surface area (Å²) in [5, 5.41) is 27.0. The van der Waals surface area contributed by atoms with Crippen LogP contribution >= 0.6 is 23.2 Å². The highest BCUT2D eigenvalue weighted by Crippen LogP contribution is 2.48. The molecule has 4 nitrogen and oxygen atoms in total. The Labute approximate surface area is 218 Å². The van der Waals surface area contributed by atoms with Gasteiger partial charge in [0.05, 0.1) is 27.9 Å². The quantitative estimate of drug-likeness (QED) is 0.331. The normalized spacial score (nSPS) is 23.8. The zero-order valence-electron chi connectivity index (χ0n) is 20.1. The number of piperidine rings is 1. The van der Waals surface area contributed by atoms with E-state index in [0.717, 1.165) is 23.1 Å². The molecule has 0 aliphatic carbocycles. The lowest BCUT2D eigenvalue weighted by atomic mass is 9.70. The van der Waals surface area contributed by atoms with Crippen molar-refractivity contribution in [1.82, 2.24) is 10.2 Å². The van der Waals surface area contributed by atoms with E-state index in [1.54, 1.807) is 0 Å². The minimum atomic E-state index is -1.01. The van der Waals surface area contributed by atoms with Crippen molar-refractivity contribution in [3.8, 4) is 0 Å². The number of rotatable bonds is 9. The third-order valence-corrected chi connectivity index (χ3v) is 8.11. The first-order chi connectivity index (χ1) is 16.9. The Kier molecular flexibility index (Phi) is 8.54. The summed E-state index contributed by atoms with van der Waals surface area (Å²) in [6.07, 6.45) is 1.87. The molecule has 0 radical (unpaired) electrons. The van der Waals surface area contributed by atoms with Crippen molar-refractivity contribution in [1.29, 1.82) is 0 Å². The fourth-order valence-corrected chi connectivity index (χ4v) is 5.97. The van der Waals surface area contributed by atoms with Gasteiger partial charge in [-0.05, 0) is 41.7 Å². The maximum absolute atomic E-state index is 12.1. The standard InChI is InChI=1S/C29H34Cl2N2O2/c1-2-25(23-13-14-26(30)27(31)19-23)29(32-20-22-9-5-3-6-10-22)21-28(35,15-16-33(29)17-18-34)24-11-7-4-8-12-24/h3-14,19,25,32,34-35H,2,15-18,20-21H2,1H3. The number of halogens is 2. The number of nitrogens with one attached hydrogen (secondary N) is 1. The van der Waals surface area contributed by atoms with Gasteiger partial charge in [0, 0.05) is 32.0 Å². The van der Waals surface area contributed by atoms with Crippen molar-refractivity contribution in [2.75, 3.05) is 19.7 Å². The summed E-state index contributed by atoms with van der Waals surface area (Å²) in [4.78, 5) is 2.31. The monoisotopic (exact) mass is 512 g/mol. The molecule has 35 heavy (non-hydrogen) atoms. The Morgan fingerprint density at radius 2 is 1.66 bits per heavy atom. The summed E-state index contributed by atoms with van der Waals surface area (Å²) in [7, 11) is 0. The average molecular weight is 514 g/mol. The average Bonchev–Trinajstić information content (AvgIpc) is 2.88. The van der Waals surface area contributed by atoms with Crippen LogP contribution in [0.25, 0.3) is 0 Å². The molecule has 6 heteroatoms. The summed E-state index contributed by atoms with van der Waals surface area (Å²) >= 11 is 12.7. The summed E-state index contributed by atoms with van der Waals surface area (Å²) in [5.74, 6) is -0.0110. The van der Waals surface area contributed by atoms with Crippen LogP contribution in [0.4, 0.5) is 0 Å². The number of benzene rings is 3. The van der Waals surface area contributed by atoms with Crippen molar-refractivity contribution in [2.45, 2.75) is 49.9 Å². The van der Waals surface area contributed by atoms with Crippen LogP contribution in [-0.4, -0.2) is 40.5 Å². The highest BCUT2D eigenvalue weighted by atomic mass is 35.5. The largest absolute Gasteiger partial charge is 0.395 e. The van der Waals surface area contributed by atoms with Crippen molar-refractivity contribution in [3.63, 3.8) is 0 Å². The first-order valence-corrected chi connectivity index (χ1v) is 13.0. The minimum Gasteiger partial charge on any atom is -0.395 e. The van der Waals surface area contributed by atoms with Crippen LogP contribution in [0.3, 0.4) is 0 Å². The molecule has 0 amide bonds. The zero-order valence-corrected chi connectivity index (χ0v) is 21.6. The van der Waals surface area contributed by atoms with Crippen molar-refractivity contribution >= 4 is 23.2 Å². The second-order valence-corrected chi connectivity index (χ2v) is 10.2. The van der Waals surface area contributed by atoms with Gasteiger partial charge in [0.1, 0.15) is 0 Å². The lowest BCUT2D eigenvalue weighted by molar-refractivity contribution is -0.122. The maximum Gasteiger partial charge on any atom is 0.0939 e. The number of β-amino-alcohol motifs (C(OH)–C–C–N with tert-alkyl or cyclic N) is 1. The van der Waals surface area contributed by atoms with Gasteiger partial charge in [0.25, 0.3) is 0 Å². The van der Waals surface area contributed by atoms with E-state index in [2.05, 4.69) is 29.3 Å². The lowest BCUT2D eigenvalue weighted by Gasteiger charge is -2.56. The van der Waals surface area contributed by atoms with Gasteiger partial charge in [-0.2, -0.15) is 0 Å². The second-order valence-electron chi connectivity index (χ2n) is 9.43. The van der Waals surface area contributed by atoms with Gasteiger partial charge in [0.15, 0.2) is 0 Å². The number of aliphatic hydroxyl groups excluding tert-OH is 1. The first-order valence-electron chi connectivity index (χ1n) is 12.3. The highest BCUT2D eigenvalue weighted by molar-refractivity contribution is 6.42. The maximum atomic E-state index is 12.1. The molecule has 3 N–H and O–H groups in total. The summed E-state index contributed by atoms with van der Waals surface area (Å²) in [6.45, 7) is 3.98. The Balaban J connectivity index is 1.83. The van der Waals surface area contributed by atoms with Crippen molar-refractivity contribution in [3.05, 3.63) is 106 Å². The van der Waals surface area contributed by atoms with Gasteiger partial charge in [-0.3, -0.25) is 10.2 Å². The van der Waals surface area contributed by atoms with Crippen LogP contribution in [0.15, 0.2) is 78.9 Å². The van der Waals surface area contributed by atoms with E-state index in [-0.39, 0.29) is 12.5 Å². The van der Waals surface area contributed by atoms with Crippen molar-refractivity contribution < 1.29 is 10.2 Å². The highest BCUT2D eigenvalue weighted by Gasteiger charge is 2.52. The molecule has 1 heterocycles. The molecule has 186 valence electrons. The molecule has 4 rings (SSSR count). The fraction of sp³-hybridized carbons (Fsp3) is 0.379. The Morgan fingerprint density at radius 3 is 2.29 bits per heavy atom. The summed E-state index contributed by atoms with van der Waals surface area (Å²) < 4.78 is 0. The number of hydrogen-bond donors (Lipinski definition) is 3. The molecule has 1 saturated heterocycles. The van der Waals surface area contributed by atoms with E-state index in [9.17, 15) is 10.2 Å². The molecule has 1 aliphatic rings. The van der Waals surface area contributed by atoms with Gasteiger partial charge < -0.3 is 10.2 Å². The zero-order chi connectivity index (χ0) is 24.9. The Hall–Kier alpha value is -1.92. The molecule has 0 saturated carbocycles. The Bertz CT molecular complexity index is 1100. The van der Waals surface area contributed by atoms with Gasteiger partial charge in [-0.1, -0.05) is 96.9 Å². The molecule has 0 bridgehead atoms. The third-order valence-electron chi connectivity index (χ3n) is 7.37. The molecular weight excluding hydrogens is 479 g/mol. The number of nitrogens with zero attached hydrogens (tertiary/aromatic N) is 1. The van der Waals surface area contributed by atoms with Crippen LogP contribution < -0.4 is 5.32 Å². The van der Waals surface area contributed by atoms with Gasteiger partial charge in [0.2, 0.25) is 0 Å². The van der Waals surface area contributed by atoms with Crippen LogP contribution in [0, 0.1) is 0 Å². The molecule has 3 unspecified atom stereocenters. The molecule has 3 aromatic rings.